The van der Waals surface area contributed by atoms with Crippen LogP contribution in [0.4, 0.5) is 0 Å². The van der Waals surface area contributed by atoms with Gasteiger partial charge in [0.25, 0.3) is 0 Å². The van der Waals surface area contributed by atoms with Crippen molar-refractivity contribution in [3.05, 3.63) is 5.92 Å². The number of carbonyl (C=O) groups excluding carboxylic acids is 1. The SMILES string of the molecule is CCCC[C](CCC)C(CCC)C(C)=O. The number of unbranched alkanes of at least 4 members (excludes halogenated alkanes) is 1. The molecule has 0 spiro atoms. The van der Waals surface area contributed by atoms with Gasteiger partial charge in [-0.25, -0.2) is 0 Å². The van der Waals surface area contributed by atoms with Crippen LogP contribution in [-0.2, 0) is 4.79 Å². The molecule has 0 aliphatic rings. The van der Waals surface area contributed by atoms with Gasteiger partial charge in [-0.1, -0.05) is 46.5 Å². The molecule has 0 aromatic carbocycles. The van der Waals surface area contributed by atoms with Crippen LogP contribution in [0.25, 0.3) is 0 Å². The molecule has 0 aliphatic carbocycles. The van der Waals surface area contributed by atoms with Crippen molar-refractivity contribution in [1.82, 2.24) is 0 Å². The zero-order chi connectivity index (χ0) is 11.7. The van der Waals surface area contributed by atoms with Gasteiger partial charge in [-0.05, 0) is 32.1 Å². The maximum Gasteiger partial charge on any atom is 0.133 e. The van der Waals surface area contributed by atoms with E-state index in [2.05, 4.69) is 20.8 Å². The summed E-state index contributed by atoms with van der Waals surface area (Å²) in [5.41, 5.74) is 0. The molecular weight excluding hydrogens is 184 g/mol. The van der Waals surface area contributed by atoms with Crippen LogP contribution < -0.4 is 0 Å². The van der Waals surface area contributed by atoms with Crippen molar-refractivity contribution in [2.24, 2.45) is 5.92 Å². The van der Waals surface area contributed by atoms with E-state index in [1.165, 1.54) is 25.2 Å². The summed E-state index contributed by atoms with van der Waals surface area (Å²) in [5, 5.41) is 0. The first kappa shape index (κ1) is 14.7. The van der Waals surface area contributed by atoms with Gasteiger partial charge >= 0.3 is 0 Å². The van der Waals surface area contributed by atoms with Gasteiger partial charge in [0.05, 0.1) is 0 Å². The minimum Gasteiger partial charge on any atom is -0.300 e. The monoisotopic (exact) mass is 211 g/mol. The Kier molecular flexibility index (Phi) is 8.74. The van der Waals surface area contributed by atoms with Crippen molar-refractivity contribution in [1.29, 1.82) is 0 Å². The lowest BCUT2D eigenvalue weighted by Gasteiger charge is -2.24. The molecule has 0 bridgehead atoms. The van der Waals surface area contributed by atoms with Crippen LogP contribution in [0.2, 0.25) is 0 Å². The number of ketones is 1. The third-order valence-corrected chi connectivity index (χ3v) is 2.98. The fraction of sp³-hybridized carbons (Fsp3) is 0.857. The zero-order valence-corrected chi connectivity index (χ0v) is 10.9. The molecule has 0 rings (SSSR count). The van der Waals surface area contributed by atoms with Crippen molar-refractivity contribution in [2.75, 3.05) is 0 Å². The molecular formula is C14H27O. The summed E-state index contributed by atoms with van der Waals surface area (Å²) in [7, 11) is 0. The van der Waals surface area contributed by atoms with E-state index < -0.39 is 0 Å². The Morgan fingerprint density at radius 3 is 2.07 bits per heavy atom. The molecule has 0 aromatic rings. The van der Waals surface area contributed by atoms with Gasteiger partial charge in [-0.3, -0.25) is 4.79 Å². The molecule has 0 heterocycles. The molecule has 0 aliphatic heterocycles. The molecule has 0 aromatic heterocycles. The predicted octanol–water partition coefficient (Wildman–Crippen LogP) is 4.56. The molecule has 15 heavy (non-hydrogen) atoms. The fourth-order valence-electron chi connectivity index (χ4n) is 2.18. The van der Waals surface area contributed by atoms with E-state index >= 15 is 0 Å². The topological polar surface area (TPSA) is 17.1 Å². The van der Waals surface area contributed by atoms with Gasteiger partial charge in [0.2, 0.25) is 0 Å². The molecule has 89 valence electrons. The summed E-state index contributed by atoms with van der Waals surface area (Å²) in [6, 6.07) is 0. The van der Waals surface area contributed by atoms with E-state index in [0.29, 0.717) is 5.78 Å². The van der Waals surface area contributed by atoms with E-state index in [9.17, 15) is 4.79 Å². The summed E-state index contributed by atoms with van der Waals surface area (Å²) in [6.45, 7) is 8.34. The smallest absolute Gasteiger partial charge is 0.133 e. The van der Waals surface area contributed by atoms with Crippen LogP contribution in [-0.4, -0.2) is 5.78 Å². The lowest BCUT2D eigenvalue weighted by Crippen LogP contribution is -2.20. The first-order valence-electron chi connectivity index (χ1n) is 6.52. The Balaban J connectivity index is 4.29. The maximum absolute atomic E-state index is 11.6. The van der Waals surface area contributed by atoms with Crippen molar-refractivity contribution < 1.29 is 4.79 Å². The van der Waals surface area contributed by atoms with Gasteiger partial charge in [-0.15, -0.1) is 0 Å². The van der Waals surface area contributed by atoms with Crippen LogP contribution in [0.5, 0.6) is 0 Å². The van der Waals surface area contributed by atoms with Gasteiger partial charge < -0.3 is 0 Å². The summed E-state index contributed by atoms with van der Waals surface area (Å²) in [6.07, 6.45) is 8.11. The number of carbonyl (C=O) groups is 1. The molecule has 0 amide bonds. The highest BCUT2D eigenvalue weighted by Gasteiger charge is 2.23. The predicted molar refractivity (Wildman–Crippen MR) is 66.8 cm³/mol. The largest absolute Gasteiger partial charge is 0.300 e. The molecule has 1 radical (unpaired) electrons. The first-order chi connectivity index (χ1) is 7.17. The van der Waals surface area contributed by atoms with Crippen LogP contribution in [0.1, 0.15) is 72.6 Å². The van der Waals surface area contributed by atoms with Crippen molar-refractivity contribution >= 4 is 5.78 Å². The zero-order valence-electron chi connectivity index (χ0n) is 10.9. The Bertz CT molecular complexity index is 163. The van der Waals surface area contributed by atoms with Gasteiger partial charge in [0, 0.05) is 5.92 Å². The molecule has 1 unspecified atom stereocenters. The Morgan fingerprint density at radius 2 is 1.67 bits per heavy atom. The third kappa shape index (κ3) is 5.96. The molecule has 0 saturated carbocycles. The van der Waals surface area contributed by atoms with Crippen LogP contribution in [0.15, 0.2) is 0 Å². The second-order valence-electron chi connectivity index (χ2n) is 4.46. The average molecular weight is 211 g/mol. The van der Waals surface area contributed by atoms with Crippen LogP contribution >= 0.6 is 0 Å². The van der Waals surface area contributed by atoms with Gasteiger partial charge in [0.1, 0.15) is 5.78 Å². The number of hydrogen-bond donors (Lipinski definition) is 0. The molecule has 1 atom stereocenters. The summed E-state index contributed by atoms with van der Waals surface area (Å²) < 4.78 is 0. The van der Waals surface area contributed by atoms with E-state index in [4.69, 9.17) is 0 Å². The van der Waals surface area contributed by atoms with Gasteiger partial charge in [0.15, 0.2) is 0 Å². The normalized spacial score (nSPS) is 13.1. The number of rotatable bonds is 9. The van der Waals surface area contributed by atoms with E-state index in [0.717, 1.165) is 25.7 Å². The molecule has 0 fully saturated rings. The third-order valence-electron chi connectivity index (χ3n) is 2.98. The standard InChI is InChI=1S/C14H27O/c1-5-8-11-13(9-6-2)14(10-7-3)12(4)15/h14H,5-11H2,1-4H3. The highest BCUT2D eigenvalue weighted by atomic mass is 16.1. The average Bonchev–Trinajstić information content (AvgIpc) is 2.21. The Morgan fingerprint density at radius 1 is 1.00 bits per heavy atom. The van der Waals surface area contributed by atoms with Crippen molar-refractivity contribution in [3.8, 4) is 0 Å². The number of Topliss-reactive ketones (excluding diaryl/α,β-unsaturated/α-hetero) is 1. The highest BCUT2D eigenvalue weighted by Crippen LogP contribution is 2.30. The molecule has 0 saturated heterocycles. The second-order valence-corrected chi connectivity index (χ2v) is 4.46. The molecule has 1 heteroatoms. The quantitative estimate of drug-likeness (QED) is 0.546. The van der Waals surface area contributed by atoms with Gasteiger partial charge in [-0.2, -0.15) is 0 Å². The summed E-state index contributed by atoms with van der Waals surface area (Å²) in [5.74, 6) is 2.13. The molecule has 1 nitrogen and oxygen atoms in total. The van der Waals surface area contributed by atoms with Crippen molar-refractivity contribution in [3.63, 3.8) is 0 Å². The van der Waals surface area contributed by atoms with Crippen LogP contribution in [0.3, 0.4) is 0 Å². The van der Waals surface area contributed by atoms with E-state index in [1.807, 2.05) is 0 Å². The van der Waals surface area contributed by atoms with E-state index in [-0.39, 0.29) is 5.92 Å². The lowest BCUT2D eigenvalue weighted by atomic mass is 9.80. The lowest BCUT2D eigenvalue weighted by molar-refractivity contribution is -0.120. The highest BCUT2D eigenvalue weighted by molar-refractivity contribution is 5.80. The van der Waals surface area contributed by atoms with Crippen molar-refractivity contribution in [2.45, 2.75) is 72.6 Å². The van der Waals surface area contributed by atoms with E-state index in [1.54, 1.807) is 6.92 Å². The summed E-state index contributed by atoms with van der Waals surface area (Å²) >= 11 is 0. The first-order valence-corrected chi connectivity index (χ1v) is 6.52. The minimum atomic E-state index is 0.251. The Hall–Kier alpha value is -0.330. The fourth-order valence-corrected chi connectivity index (χ4v) is 2.18. The second kappa shape index (κ2) is 8.94. The van der Waals surface area contributed by atoms with Crippen LogP contribution in [0, 0.1) is 11.8 Å². The molecule has 0 N–H and O–H groups in total. The maximum atomic E-state index is 11.6. The Labute approximate surface area is 95.6 Å². The number of hydrogen-bond acceptors (Lipinski definition) is 1. The summed E-state index contributed by atoms with van der Waals surface area (Å²) in [4.78, 5) is 11.6. The minimum absolute atomic E-state index is 0.251.